The first kappa shape index (κ1) is 18.0. The Morgan fingerprint density at radius 1 is 1.12 bits per heavy atom. The second-order valence-corrected chi connectivity index (χ2v) is 7.16. The molecule has 3 rings (SSSR count). The average molecular weight is 339 g/mol. The molecule has 1 aliphatic rings. The summed E-state index contributed by atoms with van der Waals surface area (Å²) >= 11 is 0. The molecule has 0 aromatic heterocycles. The quantitative estimate of drug-likeness (QED) is 0.855. The molecule has 1 fully saturated rings. The molecule has 0 unspecified atom stereocenters. The molecular formula is C22H29NO2. The predicted octanol–water partition coefficient (Wildman–Crippen LogP) is 4.23. The number of morpholine rings is 1. The third-order valence-corrected chi connectivity index (χ3v) is 5.12. The summed E-state index contributed by atoms with van der Waals surface area (Å²) in [4.78, 5) is 2.49. The van der Waals surface area contributed by atoms with Crippen molar-refractivity contribution in [2.45, 2.75) is 45.8 Å². The molecule has 3 heteroatoms. The minimum Gasteiger partial charge on any atom is -0.508 e. The van der Waals surface area contributed by atoms with Gasteiger partial charge in [-0.1, -0.05) is 30.3 Å². The van der Waals surface area contributed by atoms with Crippen molar-refractivity contribution in [2.75, 3.05) is 19.7 Å². The number of benzene rings is 2. The van der Waals surface area contributed by atoms with Gasteiger partial charge >= 0.3 is 0 Å². The molecule has 1 heterocycles. The van der Waals surface area contributed by atoms with E-state index < -0.39 is 0 Å². The maximum atomic E-state index is 9.72. The Hall–Kier alpha value is -1.84. The fourth-order valence-electron chi connectivity index (χ4n) is 3.72. The lowest BCUT2D eigenvalue weighted by molar-refractivity contribution is -0.0356. The van der Waals surface area contributed by atoms with Crippen molar-refractivity contribution in [3.63, 3.8) is 0 Å². The number of phenols is 1. The van der Waals surface area contributed by atoms with Crippen LogP contribution in [0.2, 0.25) is 0 Å². The highest BCUT2D eigenvalue weighted by atomic mass is 16.5. The highest BCUT2D eigenvalue weighted by Crippen LogP contribution is 2.23. The van der Waals surface area contributed by atoms with Crippen molar-refractivity contribution in [1.82, 2.24) is 4.90 Å². The van der Waals surface area contributed by atoms with Crippen LogP contribution in [0.4, 0.5) is 0 Å². The van der Waals surface area contributed by atoms with Gasteiger partial charge in [0.25, 0.3) is 0 Å². The van der Waals surface area contributed by atoms with Crippen LogP contribution in [0.3, 0.4) is 0 Å². The smallest absolute Gasteiger partial charge is 0.116 e. The van der Waals surface area contributed by atoms with E-state index in [9.17, 15) is 5.11 Å². The Balaban J connectivity index is 1.51. The van der Waals surface area contributed by atoms with Gasteiger partial charge in [-0.2, -0.15) is 0 Å². The first-order chi connectivity index (χ1) is 12.1. The van der Waals surface area contributed by atoms with Crippen molar-refractivity contribution in [3.8, 4) is 5.75 Å². The Labute approximate surface area is 151 Å². The number of hydrogen-bond donors (Lipinski definition) is 1. The molecule has 0 amide bonds. The summed E-state index contributed by atoms with van der Waals surface area (Å²) in [7, 11) is 0. The Morgan fingerprint density at radius 2 is 1.84 bits per heavy atom. The molecule has 3 nitrogen and oxygen atoms in total. The van der Waals surface area contributed by atoms with E-state index in [1.165, 1.54) is 28.7 Å². The Bertz CT molecular complexity index is 661. The van der Waals surface area contributed by atoms with E-state index in [-0.39, 0.29) is 0 Å². The second-order valence-electron chi connectivity index (χ2n) is 7.16. The number of nitrogens with zero attached hydrogens (tertiary/aromatic N) is 1. The summed E-state index contributed by atoms with van der Waals surface area (Å²) < 4.78 is 5.98. The molecule has 25 heavy (non-hydrogen) atoms. The molecule has 1 N–H and O–H groups in total. The Morgan fingerprint density at radius 3 is 2.56 bits per heavy atom. The fraction of sp³-hybridized carbons (Fsp3) is 0.455. The van der Waals surface area contributed by atoms with E-state index >= 15 is 0 Å². The fourth-order valence-corrected chi connectivity index (χ4v) is 3.72. The molecular weight excluding hydrogens is 310 g/mol. The van der Waals surface area contributed by atoms with Crippen LogP contribution in [0.5, 0.6) is 5.75 Å². The Kier molecular flexibility index (Phi) is 6.11. The molecule has 1 aliphatic heterocycles. The zero-order chi connectivity index (χ0) is 17.6. The third-order valence-electron chi connectivity index (χ3n) is 5.12. The van der Waals surface area contributed by atoms with Crippen molar-refractivity contribution in [2.24, 2.45) is 0 Å². The second kappa shape index (κ2) is 8.50. The summed E-state index contributed by atoms with van der Waals surface area (Å²) in [5, 5.41) is 9.72. The number of phenolic OH excluding ortho intramolecular Hbond substituents is 1. The predicted molar refractivity (Wildman–Crippen MR) is 102 cm³/mol. The molecule has 134 valence electrons. The summed E-state index contributed by atoms with van der Waals surface area (Å²) in [6.45, 7) is 7.89. The minimum absolute atomic E-state index is 0.329. The summed E-state index contributed by atoms with van der Waals surface area (Å²) in [5.74, 6) is 0.361. The molecule has 0 radical (unpaired) electrons. The van der Waals surface area contributed by atoms with Crippen LogP contribution >= 0.6 is 0 Å². The molecule has 1 saturated heterocycles. The third kappa shape index (κ3) is 5.07. The molecule has 2 aromatic rings. The molecule has 0 saturated carbocycles. The van der Waals surface area contributed by atoms with Gasteiger partial charge in [-0.3, -0.25) is 4.90 Å². The van der Waals surface area contributed by atoms with E-state index in [0.717, 1.165) is 39.1 Å². The SMILES string of the molecule is Cc1cc(O)cc(C)c1CN1CCO[C@H](CCCc2ccccc2)C1. The van der Waals surface area contributed by atoms with E-state index in [1.54, 1.807) is 0 Å². The number of aryl methyl sites for hydroxylation is 3. The van der Waals surface area contributed by atoms with Crippen molar-refractivity contribution < 1.29 is 9.84 Å². The van der Waals surface area contributed by atoms with Gasteiger partial charge in [0.15, 0.2) is 0 Å². The van der Waals surface area contributed by atoms with Gasteiger partial charge in [-0.25, -0.2) is 0 Å². The van der Waals surface area contributed by atoms with Crippen LogP contribution in [-0.2, 0) is 17.7 Å². The monoisotopic (exact) mass is 339 g/mol. The van der Waals surface area contributed by atoms with Crippen LogP contribution in [0, 0.1) is 13.8 Å². The van der Waals surface area contributed by atoms with E-state index in [2.05, 4.69) is 49.1 Å². The summed E-state index contributed by atoms with van der Waals surface area (Å²) in [5.41, 5.74) is 5.09. The van der Waals surface area contributed by atoms with Gasteiger partial charge in [-0.05, 0) is 67.5 Å². The standard InChI is InChI=1S/C22H29NO2/c1-17-13-20(24)14-18(2)22(17)16-23-11-12-25-21(15-23)10-6-9-19-7-4-3-5-8-19/h3-5,7-8,13-14,21,24H,6,9-12,15-16H2,1-2H3/t21-/m1/s1. The molecule has 1 atom stereocenters. The molecule has 2 aromatic carbocycles. The average Bonchev–Trinajstić information content (AvgIpc) is 2.59. The lowest BCUT2D eigenvalue weighted by Crippen LogP contribution is -2.42. The van der Waals surface area contributed by atoms with Gasteiger partial charge in [-0.15, -0.1) is 0 Å². The normalized spacial score (nSPS) is 18.4. The number of ether oxygens (including phenoxy) is 1. The van der Waals surface area contributed by atoms with Crippen LogP contribution in [-0.4, -0.2) is 35.8 Å². The van der Waals surface area contributed by atoms with E-state index in [1.807, 2.05) is 12.1 Å². The largest absolute Gasteiger partial charge is 0.508 e. The van der Waals surface area contributed by atoms with E-state index in [0.29, 0.717) is 11.9 Å². The number of hydrogen-bond acceptors (Lipinski definition) is 3. The van der Waals surface area contributed by atoms with Crippen molar-refractivity contribution >= 4 is 0 Å². The summed E-state index contributed by atoms with van der Waals surface area (Å²) in [6.07, 6.45) is 3.73. The van der Waals surface area contributed by atoms with Crippen molar-refractivity contribution in [1.29, 1.82) is 0 Å². The lowest BCUT2D eigenvalue weighted by atomic mass is 10.0. The highest BCUT2D eigenvalue weighted by molar-refractivity contribution is 5.40. The van der Waals surface area contributed by atoms with Crippen molar-refractivity contribution in [3.05, 3.63) is 64.7 Å². The van der Waals surface area contributed by atoms with Crippen LogP contribution in [0.1, 0.15) is 35.1 Å². The van der Waals surface area contributed by atoms with Gasteiger partial charge in [0, 0.05) is 19.6 Å². The molecule has 0 spiro atoms. The summed E-state index contributed by atoms with van der Waals surface area (Å²) in [6, 6.07) is 14.4. The van der Waals surface area contributed by atoms with Gasteiger partial charge in [0.05, 0.1) is 12.7 Å². The minimum atomic E-state index is 0.329. The highest BCUT2D eigenvalue weighted by Gasteiger charge is 2.21. The van der Waals surface area contributed by atoms with Crippen LogP contribution in [0.15, 0.2) is 42.5 Å². The van der Waals surface area contributed by atoms with Gasteiger partial charge in [0.2, 0.25) is 0 Å². The van der Waals surface area contributed by atoms with E-state index in [4.69, 9.17) is 4.74 Å². The zero-order valence-corrected chi connectivity index (χ0v) is 15.4. The molecule has 0 bridgehead atoms. The molecule has 0 aliphatic carbocycles. The maximum absolute atomic E-state index is 9.72. The van der Waals surface area contributed by atoms with Gasteiger partial charge < -0.3 is 9.84 Å². The van der Waals surface area contributed by atoms with Gasteiger partial charge in [0.1, 0.15) is 5.75 Å². The zero-order valence-electron chi connectivity index (χ0n) is 15.4. The van der Waals surface area contributed by atoms with Crippen LogP contribution in [0.25, 0.3) is 0 Å². The first-order valence-electron chi connectivity index (χ1n) is 9.29. The maximum Gasteiger partial charge on any atom is 0.116 e. The first-order valence-corrected chi connectivity index (χ1v) is 9.29. The topological polar surface area (TPSA) is 32.7 Å². The number of aromatic hydroxyl groups is 1. The number of rotatable bonds is 6. The van der Waals surface area contributed by atoms with Crippen LogP contribution < -0.4 is 0 Å². The lowest BCUT2D eigenvalue weighted by Gasteiger charge is -2.33.